The van der Waals surface area contributed by atoms with Crippen LogP contribution in [0.25, 0.3) is 17.0 Å². The largest absolute Gasteiger partial charge is 0.493 e. The molecule has 0 saturated carbocycles. The first kappa shape index (κ1) is 21.6. The zero-order chi connectivity index (χ0) is 22.7. The molecular formula is C24H27N5O3. The fourth-order valence-electron chi connectivity index (χ4n) is 3.72. The first-order valence-electron chi connectivity index (χ1n) is 10.5. The summed E-state index contributed by atoms with van der Waals surface area (Å²) in [5, 5.41) is 6.63. The number of H-pyrrole nitrogens is 1. The first-order valence-corrected chi connectivity index (χ1v) is 10.5. The molecule has 8 heteroatoms. The third-order valence-corrected chi connectivity index (χ3v) is 5.37. The van der Waals surface area contributed by atoms with Gasteiger partial charge in [0.25, 0.3) is 5.56 Å². The number of pyridine rings is 1. The third-order valence-electron chi connectivity index (χ3n) is 5.37. The van der Waals surface area contributed by atoms with E-state index in [0.717, 1.165) is 17.0 Å². The molecule has 0 aliphatic heterocycles. The van der Waals surface area contributed by atoms with E-state index in [1.165, 1.54) is 4.52 Å². The van der Waals surface area contributed by atoms with Gasteiger partial charge in [-0.2, -0.15) is 0 Å². The number of hydrogen-bond donors (Lipinski definition) is 2. The second-order valence-corrected chi connectivity index (χ2v) is 7.89. The van der Waals surface area contributed by atoms with E-state index in [1.54, 1.807) is 26.5 Å². The van der Waals surface area contributed by atoms with Crippen molar-refractivity contribution in [3.05, 3.63) is 76.3 Å². The number of benzene rings is 1. The lowest BCUT2D eigenvalue weighted by atomic mass is 10.00. The van der Waals surface area contributed by atoms with Gasteiger partial charge in [0.15, 0.2) is 17.1 Å². The molecule has 0 spiro atoms. The SMILES string of the molecule is COc1ccc(CN[C@H](c2cc(=O)n3[nH]c(-c4ccccn4)cc3n2)C(C)C)cc1OC. The molecule has 0 radical (unpaired) electrons. The molecule has 0 bridgehead atoms. The van der Waals surface area contributed by atoms with Gasteiger partial charge in [-0.1, -0.05) is 26.0 Å². The average Bonchev–Trinajstić information content (AvgIpc) is 3.24. The predicted molar refractivity (Wildman–Crippen MR) is 123 cm³/mol. The van der Waals surface area contributed by atoms with Crippen LogP contribution in [0, 0.1) is 5.92 Å². The van der Waals surface area contributed by atoms with Crippen molar-refractivity contribution in [3.8, 4) is 22.9 Å². The van der Waals surface area contributed by atoms with Crippen molar-refractivity contribution >= 4 is 5.65 Å². The van der Waals surface area contributed by atoms with Crippen LogP contribution in [0.15, 0.2) is 59.5 Å². The van der Waals surface area contributed by atoms with Crippen LogP contribution in [0.1, 0.15) is 31.1 Å². The molecule has 3 heterocycles. The van der Waals surface area contributed by atoms with Gasteiger partial charge < -0.3 is 14.8 Å². The van der Waals surface area contributed by atoms with Gasteiger partial charge in [-0.25, -0.2) is 9.50 Å². The van der Waals surface area contributed by atoms with E-state index in [2.05, 4.69) is 29.2 Å². The molecular weight excluding hydrogens is 406 g/mol. The number of rotatable bonds is 8. The van der Waals surface area contributed by atoms with Gasteiger partial charge in [0, 0.05) is 24.9 Å². The molecule has 8 nitrogen and oxygen atoms in total. The number of fused-ring (bicyclic) bond motifs is 1. The van der Waals surface area contributed by atoms with Gasteiger partial charge in [-0.05, 0) is 35.7 Å². The molecule has 0 amide bonds. The summed E-state index contributed by atoms with van der Waals surface area (Å²) in [4.78, 5) is 21.9. The number of methoxy groups -OCH3 is 2. The highest BCUT2D eigenvalue weighted by Crippen LogP contribution is 2.28. The Morgan fingerprint density at radius 3 is 2.56 bits per heavy atom. The van der Waals surface area contributed by atoms with Crippen LogP contribution >= 0.6 is 0 Å². The molecule has 0 aliphatic rings. The number of aromatic amines is 1. The fraction of sp³-hybridized carbons (Fsp3) is 0.292. The number of nitrogens with zero attached hydrogens (tertiary/aromatic N) is 3. The van der Waals surface area contributed by atoms with Crippen LogP contribution in [0.5, 0.6) is 11.5 Å². The van der Waals surface area contributed by atoms with Crippen molar-refractivity contribution in [1.82, 2.24) is 24.9 Å². The van der Waals surface area contributed by atoms with Gasteiger partial charge in [0.1, 0.15) is 0 Å². The van der Waals surface area contributed by atoms with E-state index >= 15 is 0 Å². The molecule has 32 heavy (non-hydrogen) atoms. The van der Waals surface area contributed by atoms with Crippen LogP contribution in [0.3, 0.4) is 0 Å². The zero-order valence-electron chi connectivity index (χ0n) is 18.6. The Morgan fingerprint density at radius 1 is 1.06 bits per heavy atom. The Morgan fingerprint density at radius 2 is 1.88 bits per heavy atom. The van der Waals surface area contributed by atoms with Crippen molar-refractivity contribution in [2.75, 3.05) is 14.2 Å². The number of hydrogen-bond acceptors (Lipinski definition) is 6. The minimum Gasteiger partial charge on any atom is -0.493 e. The molecule has 3 aromatic heterocycles. The third kappa shape index (κ3) is 4.36. The highest BCUT2D eigenvalue weighted by Gasteiger charge is 2.20. The van der Waals surface area contributed by atoms with E-state index in [1.807, 2.05) is 42.5 Å². The summed E-state index contributed by atoms with van der Waals surface area (Å²) in [5.74, 6) is 1.59. The van der Waals surface area contributed by atoms with Crippen molar-refractivity contribution in [2.45, 2.75) is 26.4 Å². The topological polar surface area (TPSA) is 93.5 Å². The summed E-state index contributed by atoms with van der Waals surface area (Å²) >= 11 is 0. The number of nitrogens with one attached hydrogen (secondary N) is 2. The van der Waals surface area contributed by atoms with Crippen molar-refractivity contribution < 1.29 is 9.47 Å². The van der Waals surface area contributed by atoms with Gasteiger partial charge >= 0.3 is 0 Å². The summed E-state index contributed by atoms with van der Waals surface area (Å²) in [7, 11) is 3.24. The summed E-state index contributed by atoms with van der Waals surface area (Å²) in [6.07, 6.45) is 1.72. The van der Waals surface area contributed by atoms with E-state index in [9.17, 15) is 4.79 Å². The summed E-state index contributed by atoms with van der Waals surface area (Å²) in [6, 6.07) is 14.8. The van der Waals surface area contributed by atoms with Crippen LogP contribution in [0.2, 0.25) is 0 Å². The lowest BCUT2D eigenvalue weighted by Crippen LogP contribution is -2.28. The van der Waals surface area contributed by atoms with Crippen molar-refractivity contribution in [1.29, 1.82) is 0 Å². The molecule has 4 aromatic rings. The van der Waals surface area contributed by atoms with E-state index < -0.39 is 0 Å². The van der Waals surface area contributed by atoms with Gasteiger partial charge in [0.05, 0.1) is 37.3 Å². The van der Waals surface area contributed by atoms with E-state index in [4.69, 9.17) is 14.5 Å². The summed E-state index contributed by atoms with van der Waals surface area (Å²) < 4.78 is 12.2. The Bertz CT molecular complexity index is 1260. The molecule has 2 N–H and O–H groups in total. The lowest BCUT2D eigenvalue weighted by molar-refractivity contribution is 0.353. The molecule has 0 fully saturated rings. The van der Waals surface area contributed by atoms with E-state index in [0.29, 0.717) is 29.4 Å². The van der Waals surface area contributed by atoms with Gasteiger partial charge in [-0.3, -0.25) is 14.9 Å². The van der Waals surface area contributed by atoms with Crippen molar-refractivity contribution in [2.24, 2.45) is 5.92 Å². The predicted octanol–water partition coefficient (Wildman–Crippen LogP) is 3.59. The monoisotopic (exact) mass is 433 g/mol. The molecule has 0 unspecified atom stereocenters. The minimum absolute atomic E-state index is 0.103. The standard InChI is InChI=1S/C24H27N5O3/c1-15(2)24(26-14-16-8-9-20(31-3)21(11-16)32-4)19-13-23(30)29-22(27-19)12-18(28-29)17-7-5-6-10-25-17/h5-13,15,24,26,28H,14H2,1-4H3/t24-/m0/s1. The van der Waals surface area contributed by atoms with Crippen LogP contribution in [0.4, 0.5) is 0 Å². The Labute approximate surface area is 186 Å². The fourth-order valence-corrected chi connectivity index (χ4v) is 3.72. The Kier molecular flexibility index (Phi) is 6.23. The highest BCUT2D eigenvalue weighted by molar-refractivity contribution is 5.60. The summed E-state index contributed by atoms with van der Waals surface area (Å²) in [6.45, 7) is 4.80. The molecule has 4 rings (SSSR count). The smallest absolute Gasteiger partial charge is 0.272 e. The quantitative estimate of drug-likeness (QED) is 0.441. The maximum absolute atomic E-state index is 12.8. The second-order valence-electron chi connectivity index (χ2n) is 7.89. The Balaban J connectivity index is 1.62. The molecule has 166 valence electrons. The minimum atomic E-state index is -0.161. The van der Waals surface area contributed by atoms with E-state index in [-0.39, 0.29) is 17.5 Å². The average molecular weight is 434 g/mol. The molecule has 0 aliphatic carbocycles. The molecule has 1 aromatic carbocycles. The molecule has 1 atom stereocenters. The van der Waals surface area contributed by atoms with Crippen LogP contribution in [-0.4, -0.2) is 33.8 Å². The normalized spacial score (nSPS) is 12.3. The van der Waals surface area contributed by atoms with Crippen LogP contribution in [-0.2, 0) is 6.54 Å². The van der Waals surface area contributed by atoms with Crippen LogP contribution < -0.4 is 20.3 Å². The maximum atomic E-state index is 12.8. The maximum Gasteiger partial charge on any atom is 0.272 e. The zero-order valence-corrected chi connectivity index (χ0v) is 18.6. The van der Waals surface area contributed by atoms with Crippen molar-refractivity contribution in [3.63, 3.8) is 0 Å². The van der Waals surface area contributed by atoms with Gasteiger partial charge in [-0.15, -0.1) is 0 Å². The van der Waals surface area contributed by atoms with Gasteiger partial charge in [0.2, 0.25) is 0 Å². The summed E-state index contributed by atoms with van der Waals surface area (Å²) in [5.41, 5.74) is 3.65. The lowest BCUT2D eigenvalue weighted by Gasteiger charge is -2.22. The number of aromatic nitrogens is 4. The first-order chi connectivity index (χ1) is 15.5. The Hall–Kier alpha value is -3.65. The second kappa shape index (κ2) is 9.23. The number of ether oxygens (including phenoxy) is 2. The molecule has 0 saturated heterocycles. The highest BCUT2D eigenvalue weighted by atomic mass is 16.5.